The number of benzene rings is 1. The predicted molar refractivity (Wildman–Crippen MR) is 77.7 cm³/mol. The van der Waals surface area contributed by atoms with Crippen molar-refractivity contribution in [2.24, 2.45) is 5.92 Å². The summed E-state index contributed by atoms with van der Waals surface area (Å²) in [6.45, 7) is 3.49. The second-order valence-corrected chi connectivity index (χ2v) is 6.08. The predicted octanol–water partition coefficient (Wildman–Crippen LogP) is 3.35. The summed E-state index contributed by atoms with van der Waals surface area (Å²) in [6, 6.07) is 11.5. The Kier molecular flexibility index (Phi) is 5.40. The first-order valence-electron chi connectivity index (χ1n) is 6.73. The van der Waals surface area contributed by atoms with E-state index in [9.17, 15) is 0 Å². The lowest BCUT2D eigenvalue weighted by molar-refractivity contribution is 0.438. The third-order valence-corrected chi connectivity index (χ3v) is 4.77. The second-order valence-electron chi connectivity index (χ2n) is 4.93. The molecule has 1 fully saturated rings. The van der Waals surface area contributed by atoms with Crippen LogP contribution in [0.4, 0.5) is 0 Å². The van der Waals surface area contributed by atoms with Crippen LogP contribution in [-0.2, 0) is 6.42 Å². The molecule has 1 heterocycles. The minimum Gasteiger partial charge on any atom is -0.313 e. The van der Waals surface area contributed by atoms with E-state index < -0.39 is 0 Å². The molecule has 1 aromatic carbocycles. The number of rotatable bonds is 6. The molecule has 1 N–H and O–H groups in total. The Balaban J connectivity index is 1.76. The summed E-state index contributed by atoms with van der Waals surface area (Å²) in [6.07, 6.45) is 3.78. The van der Waals surface area contributed by atoms with Crippen LogP contribution in [0.25, 0.3) is 0 Å². The molecule has 0 aliphatic carbocycles. The van der Waals surface area contributed by atoms with Crippen LogP contribution in [0.1, 0.15) is 25.3 Å². The van der Waals surface area contributed by atoms with Gasteiger partial charge in [-0.15, -0.1) is 0 Å². The van der Waals surface area contributed by atoms with Gasteiger partial charge in [-0.2, -0.15) is 11.8 Å². The van der Waals surface area contributed by atoms with Crippen molar-refractivity contribution in [1.82, 2.24) is 5.32 Å². The van der Waals surface area contributed by atoms with Crippen molar-refractivity contribution in [2.75, 3.05) is 18.1 Å². The van der Waals surface area contributed by atoms with Crippen LogP contribution < -0.4 is 5.32 Å². The molecule has 0 saturated carbocycles. The highest BCUT2D eigenvalue weighted by atomic mass is 32.2. The lowest BCUT2D eigenvalue weighted by Crippen LogP contribution is -2.34. The maximum Gasteiger partial charge on any atom is 0.0105 e. The number of hydrogen-bond acceptors (Lipinski definition) is 2. The first-order valence-corrected chi connectivity index (χ1v) is 7.89. The SMILES string of the molecule is CCC(Cc1ccccc1)NCC1CCSC1. The van der Waals surface area contributed by atoms with Gasteiger partial charge in [0, 0.05) is 6.04 Å². The van der Waals surface area contributed by atoms with Crippen LogP contribution in [0.2, 0.25) is 0 Å². The minimum atomic E-state index is 0.642. The van der Waals surface area contributed by atoms with E-state index in [-0.39, 0.29) is 0 Å². The fourth-order valence-corrected chi connectivity index (χ4v) is 3.62. The van der Waals surface area contributed by atoms with Gasteiger partial charge in [0.2, 0.25) is 0 Å². The first-order chi connectivity index (χ1) is 8.38. The van der Waals surface area contributed by atoms with Crippen molar-refractivity contribution in [3.8, 4) is 0 Å². The van der Waals surface area contributed by atoms with Gasteiger partial charge in [-0.25, -0.2) is 0 Å². The summed E-state index contributed by atoms with van der Waals surface area (Å²) in [7, 11) is 0. The molecular formula is C15H23NS. The van der Waals surface area contributed by atoms with Crippen molar-refractivity contribution >= 4 is 11.8 Å². The molecule has 0 bridgehead atoms. The van der Waals surface area contributed by atoms with Crippen LogP contribution in [0.5, 0.6) is 0 Å². The highest BCUT2D eigenvalue weighted by Gasteiger charge is 2.16. The zero-order valence-corrected chi connectivity index (χ0v) is 11.5. The summed E-state index contributed by atoms with van der Waals surface area (Å²) in [4.78, 5) is 0. The Morgan fingerprint density at radius 3 is 2.82 bits per heavy atom. The van der Waals surface area contributed by atoms with Crippen LogP contribution in [0.15, 0.2) is 30.3 Å². The van der Waals surface area contributed by atoms with Crippen LogP contribution in [0, 0.1) is 5.92 Å². The van der Waals surface area contributed by atoms with Crippen molar-refractivity contribution in [3.05, 3.63) is 35.9 Å². The first kappa shape index (κ1) is 13.0. The largest absolute Gasteiger partial charge is 0.313 e. The van der Waals surface area contributed by atoms with E-state index in [4.69, 9.17) is 0 Å². The Morgan fingerprint density at radius 2 is 2.18 bits per heavy atom. The quantitative estimate of drug-likeness (QED) is 0.830. The van der Waals surface area contributed by atoms with Gasteiger partial charge in [-0.3, -0.25) is 0 Å². The van der Waals surface area contributed by atoms with Crippen molar-refractivity contribution in [3.63, 3.8) is 0 Å². The fourth-order valence-electron chi connectivity index (χ4n) is 2.34. The molecule has 1 saturated heterocycles. The van der Waals surface area contributed by atoms with E-state index >= 15 is 0 Å². The Bertz CT molecular complexity index is 306. The molecular weight excluding hydrogens is 226 g/mol. The minimum absolute atomic E-state index is 0.642. The van der Waals surface area contributed by atoms with Crippen LogP contribution >= 0.6 is 11.8 Å². The molecule has 2 heteroatoms. The fraction of sp³-hybridized carbons (Fsp3) is 0.600. The summed E-state index contributed by atoms with van der Waals surface area (Å²) < 4.78 is 0. The van der Waals surface area contributed by atoms with Crippen molar-refractivity contribution in [1.29, 1.82) is 0 Å². The highest BCUT2D eigenvalue weighted by molar-refractivity contribution is 7.99. The van der Waals surface area contributed by atoms with E-state index in [1.54, 1.807) is 0 Å². The summed E-state index contributed by atoms with van der Waals surface area (Å²) in [5, 5.41) is 3.75. The zero-order chi connectivity index (χ0) is 11.9. The maximum atomic E-state index is 3.75. The molecule has 0 aromatic heterocycles. The highest BCUT2D eigenvalue weighted by Crippen LogP contribution is 2.22. The third kappa shape index (κ3) is 4.36. The van der Waals surface area contributed by atoms with Gasteiger partial charge in [0.1, 0.15) is 0 Å². The number of nitrogens with one attached hydrogen (secondary N) is 1. The van der Waals surface area contributed by atoms with Gasteiger partial charge < -0.3 is 5.32 Å². The summed E-state index contributed by atoms with van der Waals surface area (Å²) >= 11 is 2.11. The molecule has 17 heavy (non-hydrogen) atoms. The lowest BCUT2D eigenvalue weighted by Gasteiger charge is -2.19. The van der Waals surface area contributed by atoms with E-state index in [1.807, 2.05) is 0 Å². The number of thioether (sulfide) groups is 1. The number of hydrogen-bond donors (Lipinski definition) is 1. The molecule has 1 aliphatic rings. The van der Waals surface area contributed by atoms with E-state index in [1.165, 1.54) is 36.5 Å². The monoisotopic (exact) mass is 249 g/mol. The second kappa shape index (κ2) is 7.07. The smallest absolute Gasteiger partial charge is 0.0105 e. The summed E-state index contributed by atoms with van der Waals surface area (Å²) in [5.74, 6) is 3.63. The molecule has 0 amide bonds. The van der Waals surface area contributed by atoms with Crippen molar-refractivity contribution < 1.29 is 0 Å². The van der Waals surface area contributed by atoms with Gasteiger partial charge in [0.15, 0.2) is 0 Å². The molecule has 0 radical (unpaired) electrons. The van der Waals surface area contributed by atoms with Crippen molar-refractivity contribution in [2.45, 2.75) is 32.2 Å². The van der Waals surface area contributed by atoms with Gasteiger partial charge >= 0.3 is 0 Å². The average Bonchev–Trinajstić information content (AvgIpc) is 2.89. The zero-order valence-electron chi connectivity index (χ0n) is 10.7. The molecule has 2 unspecified atom stereocenters. The van der Waals surface area contributed by atoms with Crippen LogP contribution in [0.3, 0.4) is 0 Å². The van der Waals surface area contributed by atoms with E-state index in [0.717, 1.165) is 12.3 Å². The van der Waals surface area contributed by atoms with Gasteiger partial charge in [-0.05, 0) is 48.8 Å². The van der Waals surface area contributed by atoms with E-state index in [2.05, 4.69) is 54.3 Å². The van der Waals surface area contributed by atoms with Gasteiger partial charge in [0.05, 0.1) is 0 Å². The van der Waals surface area contributed by atoms with Crippen LogP contribution in [-0.4, -0.2) is 24.1 Å². The molecule has 2 rings (SSSR count). The molecule has 94 valence electrons. The molecule has 0 spiro atoms. The molecule has 1 aromatic rings. The maximum absolute atomic E-state index is 3.75. The molecule has 2 atom stereocenters. The summed E-state index contributed by atoms with van der Waals surface area (Å²) in [5.41, 5.74) is 1.45. The standard InChI is InChI=1S/C15H23NS/c1-2-15(10-13-6-4-3-5-7-13)16-11-14-8-9-17-12-14/h3-7,14-16H,2,8-12H2,1H3. The van der Waals surface area contributed by atoms with Gasteiger partial charge in [-0.1, -0.05) is 37.3 Å². The normalized spacial score (nSPS) is 21.6. The topological polar surface area (TPSA) is 12.0 Å². The Hall–Kier alpha value is -0.470. The lowest BCUT2D eigenvalue weighted by atomic mass is 10.0. The van der Waals surface area contributed by atoms with Gasteiger partial charge in [0.25, 0.3) is 0 Å². The average molecular weight is 249 g/mol. The van der Waals surface area contributed by atoms with E-state index in [0.29, 0.717) is 6.04 Å². The Labute approximate surface area is 109 Å². The Morgan fingerprint density at radius 1 is 1.35 bits per heavy atom. The third-order valence-electron chi connectivity index (χ3n) is 3.54. The molecule has 1 nitrogen and oxygen atoms in total. The molecule has 1 aliphatic heterocycles.